The van der Waals surface area contributed by atoms with Gasteiger partial charge in [-0.3, -0.25) is 14.3 Å². The van der Waals surface area contributed by atoms with Crippen LogP contribution in [-0.2, 0) is 19.5 Å². The first-order valence-corrected chi connectivity index (χ1v) is 11.9. The maximum absolute atomic E-state index is 13.6. The van der Waals surface area contributed by atoms with E-state index in [9.17, 15) is 9.90 Å². The van der Waals surface area contributed by atoms with Gasteiger partial charge in [-0.1, -0.05) is 42.1 Å². The van der Waals surface area contributed by atoms with Crippen molar-refractivity contribution in [2.24, 2.45) is 0 Å². The highest BCUT2D eigenvalue weighted by Gasteiger charge is 2.26. The summed E-state index contributed by atoms with van der Waals surface area (Å²) in [6.07, 6.45) is 0.449. The van der Waals surface area contributed by atoms with Gasteiger partial charge in [0.15, 0.2) is 5.16 Å². The molecular weight excluding hydrogens is 402 g/mol. The number of nitrogens with zero attached hydrogens (tertiary/aromatic N) is 3. The Balaban J connectivity index is 1.82. The van der Waals surface area contributed by atoms with Crippen LogP contribution in [0.5, 0.6) is 0 Å². The smallest absolute Gasteiger partial charge is 0.263 e. The van der Waals surface area contributed by atoms with E-state index in [4.69, 9.17) is 4.98 Å². The zero-order chi connectivity index (χ0) is 20.5. The summed E-state index contributed by atoms with van der Waals surface area (Å²) in [5.74, 6) is 0.513. The molecule has 5 nitrogen and oxygen atoms in total. The normalized spacial score (nSPS) is 15.8. The minimum atomic E-state index is -0.450. The molecule has 1 unspecified atom stereocenters. The van der Waals surface area contributed by atoms with Gasteiger partial charge in [-0.05, 0) is 38.3 Å². The van der Waals surface area contributed by atoms with E-state index in [-0.39, 0.29) is 5.56 Å². The number of benzene rings is 1. The van der Waals surface area contributed by atoms with Crippen LogP contribution in [0.2, 0.25) is 0 Å². The highest BCUT2D eigenvalue weighted by atomic mass is 32.2. The minimum absolute atomic E-state index is 0.0439. The summed E-state index contributed by atoms with van der Waals surface area (Å²) < 4.78 is 1.78. The van der Waals surface area contributed by atoms with Gasteiger partial charge in [-0.2, -0.15) is 0 Å². The van der Waals surface area contributed by atoms with Crippen LogP contribution in [0, 0.1) is 0 Å². The molecule has 4 rings (SSSR count). The first kappa shape index (κ1) is 20.6. The molecule has 1 aliphatic rings. The highest BCUT2D eigenvalue weighted by molar-refractivity contribution is 7.99. The van der Waals surface area contributed by atoms with Crippen LogP contribution in [0.4, 0.5) is 0 Å². The van der Waals surface area contributed by atoms with Crippen LogP contribution in [0.1, 0.15) is 36.8 Å². The average Bonchev–Trinajstić information content (AvgIpc) is 3.07. The van der Waals surface area contributed by atoms with Gasteiger partial charge in [0.2, 0.25) is 0 Å². The molecule has 7 heteroatoms. The van der Waals surface area contributed by atoms with Crippen molar-refractivity contribution in [3.05, 3.63) is 56.7 Å². The fourth-order valence-corrected chi connectivity index (χ4v) is 5.87. The molecule has 1 atom stereocenters. The number of thiophene rings is 1. The lowest BCUT2D eigenvalue weighted by atomic mass is 10.0. The lowest BCUT2D eigenvalue weighted by molar-refractivity contribution is 0.206. The van der Waals surface area contributed by atoms with Crippen molar-refractivity contribution >= 4 is 33.3 Å². The van der Waals surface area contributed by atoms with Crippen LogP contribution in [0.15, 0.2) is 40.3 Å². The van der Waals surface area contributed by atoms with E-state index in [1.807, 2.05) is 30.3 Å². The van der Waals surface area contributed by atoms with E-state index in [1.165, 1.54) is 22.2 Å². The van der Waals surface area contributed by atoms with Crippen molar-refractivity contribution in [3.63, 3.8) is 0 Å². The number of fused-ring (bicyclic) bond motifs is 3. The third-order valence-corrected chi connectivity index (χ3v) is 7.65. The van der Waals surface area contributed by atoms with Crippen molar-refractivity contribution in [1.82, 2.24) is 14.5 Å². The quantitative estimate of drug-likeness (QED) is 0.478. The van der Waals surface area contributed by atoms with E-state index in [1.54, 1.807) is 22.8 Å². The lowest BCUT2D eigenvalue weighted by Crippen LogP contribution is -2.35. The third kappa shape index (κ3) is 4.28. The van der Waals surface area contributed by atoms with Crippen LogP contribution < -0.4 is 5.56 Å². The van der Waals surface area contributed by atoms with Crippen molar-refractivity contribution in [2.45, 2.75) is 57.6 Å². The summed E-state index contributed by atoms with van der Waals surface area (Å²) >= 11 is 3.11. The molecule has 29 heavy (non-hydrogen) atoms. The van der Waals surface area contributed by atoms with Crippen LogP contribution in [-0.4, -0.2) is 44.0 Å². The second-order valence-electron chi connectivity index (χ2n) is 7.93. The standard InChI is InChI=1S/C22H27N3O2S2/c1-14(2)24-10-9-17-18(12-24)29-20-19(17)21(27)25(11-16-7-5-4-6-8-16)22(23-20)28-13-15(3)26/h4-8,14-15,26H,9-13H2,1-3H3. The van der Waals surface area contributed by atoms with Crippen LogP contribution >= 0.6 is 23.1 Å². The molecule has 3 aromatic rings. The molecule has 3 heterocycles. The molecule has 0 amide bonds. The molecule has 0 bridgehead atoms. The molecule has 1 aliphatic heterocycles. The molecule has 0 radical (unpaired) electrons. The van der Waals surface area contributed by atoms with Gasteiger partial charge < -0.3 is 5.11 Å². The summed E-state index contributed by atoms with van der Waals surface area (Å²) in [5, 5.41) is 11.2. The Morgan fingerprint density at radius 3 is 2.69 bits per heavy atom. The largest absolute Gasteiger partial charge is 0.393 e. The molecular formula is C22H27N3O2S2. The van der Waals surface area contributed by atoms with Gasteiger partial charge in [0.05, 0.1) is 18.0 Å². The predicted molar refractivity (Wildman–Crippen MR) is 121 cm³/mol. The topological polar surface area (TPSA) is 58.4 Å². The molecule has 154 valence electrons. The van der Waals surface area contributed by atoms with Crippen molar-refractivity contribution in [3.8, 4) is 0 Å². The molecule has 0 saturated heterocycles. The Kier molecular flexibility index (Phi) is 6.11. The van der Waals surface area contributed by atoms with Crippen LogP contribution in [0.25, 0.3) is 10.2 Å². The van der Waals surface area contributed by atoms with E-state index in [0.717, 1.165) is 35.3 Å². The number of thioether (sulfide) groups is 1. The number of aliphatic hydroxyl groups excluding tert-OH is 1. The van der Waals surface area contributed by atoms with Gasteiger partial charge in [-0.25, -0.2) is 4.98 Å². The monoisotopic (exact) mass is 429 g/mol. The van der Waals surface area contributed by atoms with Gasteiger partial charge in [0.1, 0.15) is 4.83 Å². The fourth-order valence-electron chi connectivity index (χ4n) is 3.73. The summed E-state index contributed by atoms with van der Waals surface area (Å²) in [6.45, 7) is 8.56. The first-order valence-electron chi connectivity index (χ1n) is 10.1. The van der Waals surface area contributed by atoms with E-state index >= 15 is 0 Å². The Morgan fingerprint density at radius 2 is 2.00 bits per heavy atom. The first-order chi connectivity index (χ1) is 13.9. The zero-order valence-electron chi connectivity index (χ0n) is 17.1. The summed E-state index contributed by atoms with van der Waals surface area (Å²) in [6, 6.07) is 10.5. The Hall–Kier alpha value is -1.67. The molecule has 1 aromatic carbocycles. The molecule has 0 saturated carbocycles. The van der Waals surface area contributed by atoms with Crippen molar-refractivity contribution < 1.29 is 5.11 Å². The predicted octanol–water partition coefficient (Wildman–Crippen LogP) is 3.75. The number of aliphatic hydroxyl groups is 1. The third-order valence-electron chi connectivity index (χ3n) is 5.32. The lowest BCUT2D eigenvalue weighted by Gasteiger charge is -2.30. The summed E-state index contributed by atoms with van der Waals surface area (Å²) in [7, 11) is 0. The summed E-state index contributed by atoms with van der Waals surface area (Å²) in [5.41, 5.74) is 2.31. The summed E-state index contributed by atoms with van der Waals surface area (Å²) in [4.78, 5) is 23.0. The molecule has 0 aliphatic carbocycles. The number of rotatable bonds is 6. The van der Waals surface area contributed by atoms with E-state index in [0.29, 0.717) is 23.5 Å². The minimum Gasteiger partial charge on any atom is -0.393 e. The molecule has 1 N–H and O–H groups in total. The van der Waals surface area contributed by atoms with Gasteiger partial charge in [0.25, 0.3) is 5.56 Å². The van der Waals surface area contributed by atoms with E-state index in [2.05, 4.69) is 18.7 Å². The van der Waals surface area contributed by atoms with Gasteiger partial charge in [-0.15, -0.1) is 11.3 Å². The van der Waals surface area contributed by atoms with Gasteiger partial charge >= 0.3 is 0 Å². The molecule has 0 fully saturated rings. The van der Waals surface area contributed by atoms with Crippen molar-refractivity contribution in [1.29, 1.82) is 0 Å². The highest BCUT2D eigenvalue weighted by Crippen LogP contribution is 2.34. The Morgan fingerprint density at radius 1 is 1.24 bits per heavy atom. The molecule has 0 spiro atoms. The second-order valence-corrected chi connectivity index (χ2v) is 10.0. The fraction of sp³-hybridized carbons (Fsp3) is 0.455. The maximum atomic E-state index is 13.6. The molecule has 2 aromatic heterocycles. The Labute approximate surface area is 179 Å². The zero-order valence-corrected chi connectivity index (χ0v) is 18.7. The van der Waals surface area contributed by atoms with Crippen molar-refractivity contribution in [2.75, 3.05) is 12.3 Å². The Bertz CT molecular complexity index is 1060. The number of hydrogen-bond donors (Lipinski definition) is 1. The number of aromatic nitrogens is 2. The average molecular weight is 430 g/mol. The van der Waals surface area contributed by atoms with E-state index < -0.39 is 6.10 Å². The maximum Gasteiger partial charge on any atom is 0.263 e. The van der Waals surface area contributed by atoms with Gasteiger partial charge in [0, 0.05) is 29.8 Å². The second kappa shape index (κ2) is 8.60. The van der Waals surface area contributed by atoms with Crippen LogP contribution in [0.3, 0.4) is 0 Å². The number of hydrogen-bond acceptors (Lipinski definition) is 6. The SMILES string of the molecule is CC(O)CSc1nc2sc3c(c2c(=O)n1Cc1ccccc1)CCN(C(C)C)C3.